The minimum absolute atomic E-state index is 0.185. The zero-order valence-electron chi connectivity index (χ0n) is 21.6. The van der Waals surface area contributed by atoms with Crippen LogP contribution in [0.5, 0.6) is 0 Å². The Morgan fingerprint density at radius 1 is 1.17 bits per heavy atom. The van der Waals surface area contributed by atoms with Crippen molar-refractivity contribution in [2.24, 2.45) is 10.9 Å². The maximum atomic E-state index is 13.7. The van der Waals surface area contributed by atoms with Crippen molar-refractivity contribution in [3.63, 3.8) is 0 Å². The molecule has 2 unspecified atom stereocenters. The highest BCUT2D eigenvalue weighted by atomic mass is 16.2. The van der Waals surface area contributed by atoms with Crippen molar-refractivity contribution in [3.05, 3.63) is 35.9 Å². The molecule has 7 nitrogen and oxygen atoms in total. The van der Waals surface area contributed by atoms with E-state index in [1.807, 2.05) is 30.3 Å². The van der Waals surface area contributed by atoms with Crippen LogP contribution in [0.1, 0.15) is 84.1 Å². The van der Waals surface area contributed by atoms with E-state index in [1.54, 1.807) is 0 Å². The molecule has 2 amide bonds. The summed E-state index contributed by atoms with van der Waals surface area (Å²) in [5, 5.41) is 16.6. The number of nitrogens with one attached hydrogen (secondary N) is 2. The van der Waals surface area contributed by atoms with E-state index in [0.717, 1.165) is 37.8 Å². The monoisotopic (exact) mass is 479 g/mol. The molecule has 1 aliphatic heterocycles. The van der Waals surface area contributed by atoms with Crippen LogP contribution < -0.4 is 10.6 Å². The Balaban J connectivity index is 1.82. The Morgan fingerprint density at radius 2 is 1.86 bits per heavy atom. The number of amidine groups is 1. The lowest BCUT2D eigenvalue weighted by Crippen LogP contribution is -2.57. The summed E-state index contributed by atoms with van der Waals surface area (Å²) >= 11 is 0. The first-order chi connectivity index (χ1) is 16.9. The third-order valence-electron chi connectivity index (χ3n) is 7.57. The van der Waals surface area contributed by atoms with Crippen LogP contribution in [0.25, 0.3) is 0 Å². The molecule has 1 saturated heterocycles. The fourth-order valence-corrected chi connectivity index (χ4v) is 5.59. The molecule has 0 radical (unpaired) electrons. The molecule has 2 atom stereocenters. The highest BCUT2D eigenvalue weighted by Gasteiger charge is 2.42. The third kappa shape index (κ3) is 7.38. The number of nitriles is 1. The van der Waals surface area contributed by atoms with Crippen LogP contribution in [0.15, 0.2) is 35.3 Å². The van der Waals surface area contributed by atoms with Gasteiger partial charge >= 0.3 is 0 Å². The van der Waals surface area contributed by atoms with Gasteiger partial charge in [-0.15, -0.1) is 0 Å². The number of aliphatic imine (C=N–C) groups is 1. The van der Waals surface area contributed by atoms with Gasteiger partial charge in [-0.2, -0.15) is 10.3 Å². The number of carbonyl (C=O) groups excluding carboxylic acids is 2. The first-order valence-electron chi connectivity index (χ1n) is 13.3. The van der Waals surface area contributed by atoms with Crippen molar-refractivity contribution in [2.75, 3.05) is 13.1 Å². The Morgan fingerprint density at radius 3 is 2.46 bits per heavy atom. The molecule has 190 valence electrons. The van der Waals surface area contributed by atoms with E-state index < -0.39 is 11.6 Å². The second kappa shape index (κ2) is 12.8. The predicted molar refractivity (Wildman–Crippen MR) is 139 cm³/mol. The minimum atomic E-state index is -0.892. The molecule has 1 saturated carbocycles. The first kappa shape index (κ1) is 26.9. The van der Waals surface area contributed by atoms with Crippen LogP contribution in [0.3, 0.4) is 0 Å². The lowest BCUT2D eigenvalue weighted by Gasteiger charge is -2.31. The number of carbonyl (C=O) groups is 2. The molecule has 0 aromatic heterocycles. The molecule has 7 heteroatoms. The van der Waals surface area contributed by atoms with Crippen molar-refractivity contribution in [3.8, 4) is 6.07 Å². The predicted octanol–water partition coefficient (Wildman–Crippen LogP) is 4.18. The van der Waals surface area contributed by atoms with E-state index in [1.165, 1.54) is 26.2 Å². The molecule has 1 aromatic carbocycles. The van der Waals surface area contributed by atoms with E-state index in [-0.39, 0.29) is 11.8 Å². The van der Waals surface area contributed by atoms with Crippen molar-refractivity contribution in [1.29, 1.82) is 5.26 Å². The van der Waals surface area contributed by atoms with E-state index in [4.69, 9.17) is 0 Å². The van der Waals surface area contributed by atoms with Gasteiger partial charge in [0.15, 0.2) is 0 Å². The number of likely N-dealkylation sites (tertiary alicyclic amines) is 1. The van der Waals surface area contributed by atoms with E-state index in [9.17, 15) is 14.9 Å². The largest absolute Gasteiger partial charge is 0.358 e. The molecule has 1 aliphatic carbocycles. The maximum Gasteiger partial charge on any atom is 0.244 e. The average molecular weight is 480 g/mol. The molecule has 0 bridgehead atoms. The Labute approximate surface area is 210 Å². The maximum absolute atomic E-state index is 13.7. The number of hydrogen-bond acceptors (Lipinski definition) is 4. The van der Waals surface area contributed by atoms with Crippen LogP contribution in [0, 0.1) is 17.2 Å². The summed E-state index contributed by atoms with van der Waals surface area (Å²) in [6, 6.07) is 11.7. The highest BCUT2D eigenvalue weighted by Crippen LogP contribution is 2.29. The molecule has 3 rings (SSSR count). The number of nitrogens with zero attached hydrogens (tertiary/aromatic N) is 3. The minimum Gasteiger partial charge on any atom is -0.358 e. The van der Waals surface area contributed by atoms with Gasteiger partial charge in [0.2, 0.25) is 11.8 Å². The fraction of sp³-hybridized carbons (Fsp3) is 0.643. The smallest absolute Gasteiger partial charge is 0.244 e. The molecule has 0 spiro atoms. The third-order valence-corrected chi connectivity index (χ3v) is 7.57. The van der Waals surface area contributed by atoms with Gasteiger partial charge in [0, 0.05) is 31.6 Å². The van der Waals surface area contributed by atoms with Crippen LogP contribution in [0.2, 0.25) is 0 Å². The molecular weight excluding hydrogens is 438 g/mol. The van der Waals surface area contributed by atoms with Crippen molar-refractivity contribution in [1.82, 2.24) is 15.5 Å². The van der Waals surface area contributed by atoms with Gasteiger partial charge in [-0.1, -0.05) is 76.3 Å². The summed E-state index contributed by atoms with van der Waals surface area (Å²) in [4.78, 5) is 32.2. The molecule has 35 heavy (non-hydrogen) atoms. The second-order valence-corrected chi connectivity index (χ2v) is 10.2. The number of benzene rings is 1. The molecule has 2 N–H and O–H groups in total. The van der Waals surface area contributed by atoms with Gasteiger partial charge in [-0.05, 0) is 31.6 Å². The summed E-state index contributed by atoms with van der Waals surface area (Å²) < 4.78 is 0. The standard InChI is InChI=1S/C28H41N5O2/c1-4-24(5-2)33-17-16-28(19-29,20-33)32-27(35)25(18-22-12-8-6-9-13-22)31-26(30-21(3)34)23-14-10-7-11-15-23/h7,10-11,14-15,22,24-25H,4-6,8-9,12-13,16-18,20H2,1-3H3,(H,32,35)(H,30,31,34). The fourth-order valence-electron chi connectivity index (χ4n) is 5.59. The summed E-state index contributed by atoms with van der Waals surface area (Å²) in [6.07, 6.45) is 9.13. The van der Waals surface area contributed by atoms with Crippen molar-refractivity contribution >= 4 is 17.6 Å². The van der Waals surface area contributed by atoms with Gasteiger partial charge in [0.05, 0.1) is 6.07 Å². The zero-order valence-corrected chi connectivity index (χ0v) is 21.6. The van der Waals surface area contributed by atoms with Crippen LogP contribution in [0.4, 0.5) is 0 Å². The lowest BCUT2D eigenvalue weighted by molar-refractivity contribution is -0.124. The van der Waals surface area contributed by atoms with Crippen molar-refractivity contribution < 1.29 is 9.59 Å². The summed E-state index contributed by atoms with van der Waals surface area (Å²) in [6.45, 7) is 7.11. The molecule has 2 aliphatic rings. The zero-order chi connectivity index (χ0) is 25.3. The van der Waals surface area contributed by atoms with Crippen LogP contribution in [-0.4, -0.2) is 53.3 Å². The number of rotatable bonds is 9. The van der Waals surface area contributed by atoms with Gasteiger partial charge in [-0.25, -0.2) is 0 Å². The van der Waals surface area contributed by atoms with Gasteiger partial charge in [0.1, 0.15) is 17.4 Å². The topological polar surface area (TPSA) is 97.6 Å². The normalized spacial score (nSPS) is 22.5. The Bertz CT molecular complexity index is 915. The Hall–Kier alpha value is -2.72. The molecule has 1 heterocycles. The van der Waals surface area contributed by atoms with Gasteiger partial charge in [0.25, 0.3) is 0 Å². The first-order valence-corrected chi connectivity index (χ1v) is 13.3. The molecular formula is C28H41N5O2. The Kier molecular flexibility index (Phi) is 9.85. The van der Waals surface area contributed by atoms with Gasteiger partial charge in [-0.3, -0.25) is 14.5 Å². The van der Waals surface area contributed by atoms with E-state index in [0.29, 0.717) is 37.2 Å². The van der Waals surface area contributed by atoms with Crippen LogP contribution in [-0.2, 0) is 9.59 Å². The average Bonchev–Trinajstić information content (AvgIpc) is 3.29. The van der Waals surface area contributed by atoms with E-state index in [2.05, 4.69) is 40.4 Å². The van der Waals surface area contributed by atoms with Crippen molar-refractivity contribution in [2.45, 2.75) is 96.2 Å². The molecule has 1 aromatic rings. The van der Waals surface area contributed by atoms with Crippen LogP contribution >= 0.6 is 0 Å². The SMILES string of the molecule is CCC(CC)N1CCC(C#N)(NC(=O)C(CC2CCCCC2)NC(=NC(C)=O)c2ccccc2)C1. The number of hydrogen-bond donors (Lipinski definition) is 2. The summed E-state index contributed by atoms with van der Waals surface area (Å²) in [5.74, 6) is 0.336. The quantitative estimate of drug-likeness (QED) is 0.409. The summed E-state index contributed by atoms with van der Waals surface area (Å²) in [7, 11) is 0. The highest BCUT2D eigenvalue weighted by molar-refractivity contribution is 6.06. The van der Waals surface area contributed by atoms with E-state index >= 15 is 0 Å². The number of amides is 2. The van der Waals surface area contributed by atoms with Gasteiger partial charge < -0.3 is 10.6 Å². The lowest BCUT2D eigenvalue weighted by atomic mass is 9.84. The molecule has 2 fully saturated rings. The second-order valence-electron chi connectivity index (χ2n) is 10.2. The summed E-state index contributed by atoms with van der Waals surface area (Å²) in [5.41, 5.74) is -0.128.